The van der Waals surface area contributed by atoms with Gasteiger partial charge < -0.3 is 20.3 Å². The van der Waals surface area contributed by atoms with E-state index in [-0.39, 0.29) is 6.42 Å². The number of alkyl carbamates (subject to hydrolysis) is 1. The fourth-order valence-electron chi connectivity index (χ4n) is 5.01. The number of amides is 4. The number of fused-ring (bicyclic) bond motifs is 2. The van der Waals surface area contributed by atoms with Crippen LogP contribution < -0.4 is 15.4 Å². The van der Waals surface area contributed by atoms with E-state index in [9.17, 15) is 27.6 Å². The van der Waals surface area contributed by atoms with Crippen LogP contribution in [0.3, 0.4) is 0 Å². The molecule has 3 N–H and O–H groups in total. The van der Waals surface area contributed by atoms with Crippen LogP contribution in [-0.2, 0) is 29.3 Å². The topological polar surface area (TPSA) is 178 Å². The standard InChI is InChI=1S/C26H40N6O7S/c1-25(2,3)39-24(36)28-19-12-9-7-5-6-8-11-18-17-26(18,23(35)30-40(37,38)31(4)16-14-27)29-21(33)20-13-10-15-32(20)22(19)34/h8,11,18-20H,5-7,9-10,12-13,15-17H2,1-4H3,(H,28,36)(H,29,33)(H,30,35)/t18-,19+,20?,26-/m1/s1. The minimum absolute atomic E-state index is 0.196. The first kappa shape index (κ1) is 31.3. The maximum Gasteiger partial charge on any atom is 0.408 e. The summed E-state index contributed by atoms with van der Waals surface area (Å²) in [5.74, 6) is -2.29. The van der Waals surface area contributed by atoms with Crippen molar-refractivity contribution in [3.63, 3.8) is 0 Å². The zero-order valence-corrected chi connectivity index (χ0v) is 24.4. The molecule has 14 heteroatoms. The average molecular weight is 581 g/mol. The van der Waals surface area contributed by atoms with Gasteiger partial charge in [0.05, 0.1) is 6.07 Å². The molecule has 0 bridgehead atoms. The zero-order valence-electron chi connectivity index (χ0n) is 23.6. The van der Waals surface area contributed by atoms with E-state index in [2.05, 4.69) is 10.6 Å². The van der Waals surface area contributed by atoms with Crippen molar-refractivity contribution in [2.75, 3.05) is 20.1 Å². The highest BCUT2D eigenvalue weighted by Crippen LogP contribution is 2.45. The molecule has 1 unspecified atom stereocenters. The second-order valence-corrected chi connectivity index (χ2v) is 13.4. The van der Waals surface area contributed by atoms with E-state index in [0.717, 1.165) is 12.8 Å². The van der Waals surface area contributed by atoms with Gasteiger partial charge in [-0.15, -0.1) is 0 Å². The first-order valence-electron chi connectivity index (χ1n) is 13.6. The van der Waals surface area contributed by atoms with Crippen molar-refractivity contribution >= 4 is 34.0 Å². The van der Waals surface area contributed by atoms with Crippen molar-refractivity contribution in [2.45, 2.75) is 95.4 Å². The molecule has 2 fully saturated rings. The lowest BCUT2D eigenvalue weighted by molar-refractivity contribution is -0.141. The van der Waals surface area contributed by atoms with Crippen LogP contribution in [0.4, 0.5) is 4.79 Å². The van der Waals surface area contributed by atoms with Crippen molar-refractivity contribution in [3.05, 3.63) is 12.2 Å². The molecule has 1 aliphatic carbocycles. The molecular weight excluding hydrogens is 540 g/mol. The first-order valence-corrected chi connectivity index (χ1v) is 15.1. The number of hydrogen-bond acceptors (Lipinski definition) is 8. The third-order valence-electron chi connectivity index (χ3n) is 7.25. The Balaban J connectivity index is 1.84. The minimum Gasteiger partial charge on any atom is -0.444 e. The van der Waals surface area contributed by atoms with E-state index in [1.165, 1.54) is 11.9 Å². The maximum atomic E-state index is 13.6. The summed E-state index contributed by atoms with van der Waals surface area (Å²) in [5.41, 5.74) is -2.25. The summed E-state index contributed by atoms with van der Waals surface area (Å²) in [4.78, 5) is 54.3. The summed E-state index contributed by atoms with van der Waals surface area (Å²) in [5, 5.41) is 14.3. The molecule has 4 atom stereocenters. The van der Waals surface area contributed by atoms with E-state index in [1.807, 2.05) is 16.9 Å². The number of nitriles is 1. The van der Waals surface area contributed by atoms with Gasteiger partial charge in [-0.05, 0) is 59.3 Å². The molecule has 2 heterocycles. The van der Waals surface area contributed by atoms with E-state index in [0.29, 0.717) is 43.0 Å². The third-order valence-corrected chi connectivity index (χ3v) is 8.64. The number of ether oxygens (including phenoxy) is 1. The van der Waals surface area contributed by atoms with Gasteiger partial charge in [0.15, 0.2) is 0 Å². The lowest BCUT2D eigenvalue weighted by atomic mass is 10.0. The first-order chi connectivity index (χ1) is 18.7. The third kappa shape index (κ3) is 7.72. The Labute approximate surface area is 235 Å². The van der Waals surface area contributed by atoms with Gasteiger partial charge in [-0.1, -0.05) is 25.0 Å². The Bertz CT molecular complexity index is 1170. The number of allylic oxidation sites excluding steroid dienone is 1. The van der Waals surface area contributed by atoms with Crippen LogP contribution >= 0.6 is 0 Å². The Morgan fingerprint density at radius 1 is 1.23 bits per heavy atom. The van der Waals surface area contributed by atoms with Crippen LogP contribution in [-0.4, -0.2) is 84.8 Å². The highest BCUT2D eigenvalue weighted by molar-refractivity contribution is 7.87. The highest BCUT2D eigenvalue weighted by Gasteiger charge is 2.61. The molecule has 0 aromatic heterocycles. The Hall–Kier alpha value is -3.18. The smallest absolute Gasteiger partial charge is 0.408 e. The predicted octanol–water partition coefficient (Wildman–Crippen LogP) is 1.08. The summed E-state index contributed by atoms with van der Waals surface area (Å²) in [6.07, 6.45) is 7.47. The molecule has 3 aliphatic rings. The second-order valence-electron chi connectivity index (χ2n) is 11.6. The van der Waals surface area contributed by atoms with Crippen LogP contribution in [0.1, 0.15) is 72.1 Å². The molecule has 40 heavy (non-hydrogen) atoms. The van der Waals surface area contributed by atoms with Crippen LogP contribution in [0, 0.1) is 17.2 Å². The predicted molar refractivity (Wildman–Crippen MR) is 144 cm³/mol. The molecule has 0 radical (unpaired) electrons. The summed E-state index contributed by atoms with van der Waals surface area (Å²) >= 11 is 0. The number of hydrogen-bond donors (Lipinski definition) is 3. The number of nitrogens with zero attached hydrogens (tertiary/aromatic N) is 3. The largest absolute Gasteiger partial charge is 0.444 e. The molecular formula is C26H40N6O7S. The molecule has 0 aromatic rings. The molecule has 1 saturated carbocycles. The quantitative estimate of drug-likeness (QED) is 0.319. The van der Waals surface area contributed by atoms with Crippen molar-refractivity contribution in [1.82, 2.24) is 24.6 Å². The van der Waals surface area contributed by atoms with Gasteiger partial charge in [0, 0.05) is 19.5 Å². The van der Waals surface area contributed by atoms with Crippen molar-refractivity contribution in [3.8, 4) is 6.07 Å². The van der Waals surface area contributed by atoms with Crippen molar-refractivity contribution in [1.29, 1.82) is 5.26 Å². The van der Waals surface area contributed by atoms with Crippen LogP contribution in [0.2, 0.25) is 0 Å². The Morgan fingerprint density at radius 2 is 1.95 bits per heavy atom. The SMILES string of the molecule is CN(CC#N)S(=O)(=O)NC(=O)[C@@]12C[C@H]1C=CCCCCC[C@H](NC(=O)OC(C)(C)C)C(=O)N1CCCC1C(=O)N2. The molecule has 13 nitrogen and oxygen atoms in total. The summed E-state index contributed by atoms with van der Waals surface area (Å²) in [6.45, 7) is 5.03. The highest BCUT2D eigenvalue weighted by atomic mass is 32.2. The van der Waals surface area contributed by atoms with E-state index in [1.54, 1.807) is 26.8 Å². The maximum absolute atomic E-state index is 13.6. The fourth-order valence-corrected chi connectivity index (χ4v) is 5.81. The zero-order chi connectivity index (χ0) is 29.7. The molecule has 0 spiro atoms. The lowest BCUT2D eigenvalue weighted by Gasteiger charge is -2.30. The van der Waals surface area contributed by atoms with Gasteiger partial charge in [0.1, 0.15) is 29.8 Å². The van der Waals surface area contributed by atoms with Gasteiger partial charge in [-0.3, -0.25) is 14.4 Å². The Morgan fingerprint density at radius 3 is 2.62 bits per heavy atom. The molecule has 1 saturated heterocycles. The minimum atomic E-state index is -4.30. The van der Waals surface area contributed by atoms with E-state index < -0.39 is 69.7 Å². The fraction of sp³-hybridized carbons (Fsp3) is 0.731. The normalized spacial score (nSPS) is 27.8. The van der Waals surface area contributed by atoms with E-state index >= 15 is 0 Å². The van der Waals surface area contributed by atoms with Crippen molar-refractivity contribution < 1.29 is 32.3 Å². The van der Waals surface area contributed by atoms with Gasteiger partial charge in [0.25, 0.3) is 5.91 Å². The molecule has 0 aromatic carbocycles. The van der Waals surface area contributed by atoms with E-state index in [4.69, 9.17) is 10.00 Å². The Kier molecular flexibility index (Phi) is 9.84. The van der Waals surface area contributed by atoms with Crippen LogP contribution in [0.25, 0.3) is 0 Å². The molecule has 4 amide bonds. The summed E-state index contributed by atoms with van der Waals surface area (Å²) < 4.78 is 33.2. The average Bonchev–Trinajstić information content (AvgIpc) is 3.30. The number of nitrogens with one attached hydrogen (secondary N) is 3. The van der Waals surface area contributed by atoms with Crippen molar-refractivity contribution in [2.24, 2.45) is 5.92 Å². The summed E-state index contributed by atoms with van der Waals surface area (Å²) in [7, 11) is -3.14. The number of carbonyl (C=O) groups is 4. The monoisotopic (exact) mass is 580 g/mol. The van der Waals surface area contributed by atoms with Crippen LogP contribution in [0.15, 0.2) is 12.2 Å². The lowest BCUT2D eigenvalue weighted by Crippen LogP contribution is -2.59. The molecule has 222 valence electrons. The molecule has 3 rings (SSSR count). The van der Waals surface area contributed by atoms with Gasteiger partial charge >= 0.3 is 16.3 Å². The summed E-state index contributed by atoms with van der Waals surface area (Å²) in [6, 6.07) is -0.0458. The van der Waals surface area contributed by atoms with Gasteiger partial charge in [0.2, 0.25) is 11.8 Å². The van der Waals surface area contributed by atoms with Crippen LogP contribution in [0.5, 0.6) is 0 Å². The number of carbonyl (C=O) groups excluding carboxylic acids is 4. The molecule has 2 aliphatic heterocycles. The second kappa shape index (κ2) is 12.6. The van der Waals surface area contributed by atoms with Gasteiger partial charge in [-0.25, -0.2) is 9.52 Å². The number of rotatable bonds is 5. The van der Waals surface area contributed by atoms with Gasteiger partial charge in [-0.2, -0.15) is 18.0 Å².